The summed E-state index contributed by atoms with van der Waals surface area (Å²) in [7, 11) is -3.43. The number of benzene rings is 2. The zero-order chi connectivity index (χ0) is 21.8. The number of aryl methyl sites for hydroxylation is 2. The summed E-state index contributed by atoms with van der Waals surface area (Å²) in [5, 5.41) is 0.701. The number of carbonyl (C=O) groups is 1. The molecule has 0 spiro atoms. The zero-order valence-corrected chi connectivity index (χ0v) is 18.8. The van der Waals surface area contributed by atoms with Gasteiger partial charge in [-0.05, 0) is 55.5 Å². The number of anilines is 1. The van der Waals surface area contributed by atoms with Crippen LogP contribution in [0.4, 0.5) is 5.13 Å². The highest BCUT2D eigenvalue weighted by molar-refractivity contribution is 7.90. The van der Waals surface area contributed by atoms with Crippen LogP contribution in [0.5, 0.6) is 0 Å². The van der Waals surface area contributed by atoms with E-state index in [-0.39, 0.29) is 11.7 Å². The van der Waals surface area contributed by atoms with Crippen molar-refractivity contribution in [2.75, 3.05) is 11.4 Å². The lowest BCUT2D eigenvalue weighted by molar-refractivity contribution is 0.0989. The number of hydrogen-bond acceptors (Lipinski definition) is 5. The second kappa shape index (κ2) is 9.16. The largest absolute Gasteiger partial charge is 0.280 e. The predicted molar refractivity (Wildman–Crippen MR) is 124 cm³/mol. The number of thiazole rings is 1. The molecule has 0 bridgehead atoms. The van der Waals surface area contributed by atoms with Gasteiger partial charge in [-0.3, -0.25) is 9.69 Å². The van der Waals surface area contributed by atoms with Crippen LogP contribution in [0.3, 0.4) is 0 Å². The van der Waals surface area contributed by atoms with Crippen molar-refractivity contribution >= 4 is 32.2 Å². The Hall–Kier alpha value is -2.77. The maximum atomic E-state index is 13.2. The molecule has 1 heterocycles. The number of sulfone groups is 1. The van der Waals surface area contributed by atoms with Gasteiger partial charge in [0.1, 0.15) is 0 Å². The lowest BCUT2D eigenvalue weighted by Crippen LogP contribution is -2.31. The molecule has 2 aromatic carbocycles. The predicted octanol–water partition coefficient (Wildman–Crippen LogP) is 4.83. The van der Waals surface area contributed by atoms with Crippen molar-refractivity contribution in [1.82, 2.24) is 4.98 Å². The summed E-state index contributed by atoms with van der Waals surface area (Å²) in [5.41, 5.74) is 2.24. The van der Waals surface area contributed by atoms with E-state index < -0.39 is 9.84 Å². The normalized spacial score (nSPS) is 13.4. The summed E-state index contributed by atoms with van der Waals surface area (Å²) in [5.74, 6) is -0.274. The summed E-state index contributed by atoms with van der Waals surface area (Å²) in [4.78, 5) is 21.1. The van der Waals surface area contributed by atoms with E-state index in [9.17, 15) is 13.2 Å². The number of fused-ring (bicyclic) bond motifs is 1. The van der Waals surface area contributed by atoms with Crippen LogP contribution in [0.1, 0.15) is 39.3 Å². The maximum Gasteiger partial charge on any atom is 0.260 e. The maximum absolute atomic E-state index is 13.2. The number of amides is 1. The van der Waals surface area contributed by atoms with Gasteiger partial charge in [0.15, 0.2) is 15.0 Å². The minimum atomic E-state index is -3.43. The molecule has 0 radical (unpaired) electrons. The van der Waals surface area contributed by atoms with Gasteiger partial charge in [0.2, 0.25) is 0 Å². The molecule has 0 saturated carbocycles. The van der Waals surface area contributed by atoms with E-state index in [1.807, 2.05) is 0 Å². The molecule has 0 aliphatic heterocycles. The molecule has 0 N–H and O–H groups in total. The summed E-state index contributed by atoms with van der Waals surface area (Å²) < 4.78 is 25.2. The van der Waals surface area contributed by atoms with Gasteiger partial charge in [-0.15, -0.1) is 17.9 Å². The summed E-state index contributed by atoms with van der Waals surface area (Å²) in [6.07, 6.45) is 5.98. The quantitative estimate of drug-likeness (QED) is 0.482. The first-order valence-corrected chi connectivity index (χ1v) is 12.7. The third kappa shape index (κ3) is 4.78. The average molecular weight is 453 g/mol. The Morgan fingerprint density at radius 3 is 2.45 bits per heavy atom. The Kier molecular flexibility index (Phi) is 6.34. The van der Waals surface area contributed by atoms with Crippen LogP contribution < -0.4 is 4.90 Å². The Balaban J connectivity index is 1.53. The minimum absolute atomic E-state index is 0.110. The topological polar surface area (TPSA) is 67.3 Å². The van der Waals surface area contributed by atoms with Crippen LogP contribution in [-0.4, -0.2) is 25.9 Å². The standard InChI is InChI=1S/C24H24N2O3S2/c1-2-16-26(24-25-21-10-6-7-11-22(21)30-24)23(27)19-14-12-18(13-15-19)17-31(28,29)20-8-4-3-5-9-20/h2-5,8-9,12-15H,1,6-7,10-11,16-17H2. The molecule has 0 saturated heterocycles. The third-order valence-corrected chi connectivity index (χ3v) is 8.17. The molecule has 0 atom stereocenters. The average Bonchev–Trinajstić information content (AvgIpc) is 3.22. The van der Waals surface area contributed by atoms with Crippen molar-refractivity contribution in [2.45, 2.75) is 36.3 Å². The SMILES string of the molecule is C=CCN(C(=O)c1ccc(CS(=O)(=O)c2ccccc2)cc1)c1nc2c(s1)CCCC2. The monoisotopic (exact) mass is 452 g/mol. The molecule has 31 heavy (non-hydrogen) atoms. The second-order valence-electron chi connectivity index (χ2n) is 7.55. The van der Waals surface area contributed by atoms with E-state index in [1.165, 1.54) is 4.88 Å². The first-order chi connectivity index (χ1) is 15.0. The molecule has 4 rings (SSSR count). The van der Waals surface area contributed by atoms with Crippen LogP contribution in [0.15, 0.2) is 72.1 Å². The Morgan fingerprint density at radius 2 is 1.77 bits per heavy atom. The van der Waals surface area contributed by atoms with Gasteiger partial charge in [-0.1, -0.05) is 36.4 Å². The van der Waals surface area contributed by atoms with Crippen molar-refractivity contribution in [3.05, 3.63) is 89.0 Å². The van der Waals surface area contributed by atoms with Crippen molar-refractivity contribution in [3.63, 3.8) is 0 Å². The van der Waals surface area contributed by atoms with Crippen molar-refractivity contribution < 1.29 is 13.2 Å². The fraction of sp³-hybridized carbons (Fsp3) is 0.250. The van der Waals surface area contributed by atoms with Crippen LogP contribution >= 0.6 is 11.3 Å². The van der Waals surface area contributed by atoms with Gasteiger partial charge in [0, 0.05) is 17.0 Å². The first kappa shape index (κ1) is 21.5. The smallest absolute Gasteiger partial charge is 0.260 e. The number of hydrogen-bond donors (Lipinski definition) is 0. The summed E-state index contributed by atoms with van der Waals surface area (Å²) in [6, 6.07) is 15.1. The van der Waals surface area contributed by atoms with E-state index in [1.54, 1.807) is 76.9 Å². The zero-order valence-electron chi connectivity index (χ0n) is 17.2. The fourth-order valence-corrected chi connectivity index (χ4v) is 6.19. The molecular formula is C24H24N2O3S2. The lowest BCUT2D eigenvalue weighted by Gasteiger charge is -2.18. The van der Waals surface area contributed by atoms with Crippen LogP contribution in [0, 0.1) is 0 Å². The van der Waals surface area contributed by atoms with Gasteiger partial charge >= 0.3 is 0 Å². The second-order valence-corrected chi connectivity index (χ2v) is 10.6. The van der Waals surface area contributed by atoms with Crippen molar-refractivity contribution in [1.29, 1.82) is 0 Å². The highest BCUT2D eigenvalue weighted by Gasteiger charge is 2.23. The molecule has 3 aromatic rings. The number of carbonyl (C=O) groups excluding carboxylic acids is 1. The van der Waals surface area contributed by atoms with Crippen molar-refractivity contribution in [2.24, 2.45) is 0 Å². The molecular weight excluding hydrogens is 428 g/mol. The van der Waals surface area contributed by atoms with E-state index in [4.69, 9.17) is 4.98 Å². The highest BCUT2D eigenvalue weighted by Crippen LogP contribution is 2.32. The third-order valence-electron chi connectivity index (χ3n) is 5.28. The molecule has 5 nitrogen and oxygen atoms in total. The van der Waals surface area contributed by atoms with E-state index in [0.29, 0.717) is 27.7 Å². The molecule has 1 aliphatic carbocycles. The fourth-order valence-electron chi connectivity index (χ4n) is 3.66. The summed E-state index contributed by atoms with van der Waals surface area (Å²) in [6.45, 7) is 4.15. The molecule has 160 valence electrons. The van der Waals surface area contributed by atoms with Crippen LogP contribution in [-0.2, 0) is 28.4 Å². The molecule has 0 fully saturated rings. The first-order valence-electron chi connectivity index (χ1n) is 10.3. The molecule has 1 aliphatic rings. The summed E-state index contributed by atoms with van der Waals surface area (Å²) >= 11 is 1.58. The van der Waals surface area contributed by atoms with E-state index in [2.05, 4.69) is 6.58 Å². The molecule has 7 heteroatoms. The Bertz CT molecular complexity index is 1160. The van der Waals surface area contributed by atoms with Gasteiger partial charge in [-0.25, -0.2) is 13.4 Å². The van der Waals surface area contributed by atoms with Gasteiger partial charge < -0.3 is 0 Å². The van der Waals surface area contributed by atoms with Crippen molar-refractivity contribution in [3.8, 4) is 0 Å². The van der Waals surface area contributed by atoms with Crippen LogP contribution in [0.2, 0.25) is 0 Å². The lowest BCUT2D eigenvalue weighted by atomic mass is 10.0. The number of aromatic nitrogens is 1. The molecule has 0 unspecified atom stereocenters. The van der Waals surface area contributed by atoms with Crippen LogP contribution in [0.25, 0.3) is 0 Å². The number of rotatable bonds is 7. The van der Waals surface area contributed by atoms with E-state index in [0.717, 1.165) is 31.4 Å². The van der Waals surface area contributed by atoms with Gasteiger partial charge in [-0.2, -0.15) is 0 Å². The van der Waals surface area contributed by atoms with E-state index >= 15 is 0 Å². The molecule has 1 amide bonds. The molecule has 1 aromatic heterocycles. The Morgan fingerprint density at radius 1 is 1.06 bits per heavy atom. The van der Waals surface area contributed by atoms with Gasteiger partial charge in [0.25, 0.3) is 5.91 Å². The number of nitrogens with zero attached hydrogens (tertiary/aromatic N) is 2. The van der Waals surface area contributed by atoms with Gasteiger partial charge in [0.05, 0.1) is 16.3 Å². The highest BCUT2D eigenvalue weighted by atomic mass is 32.2. The minimum Gasteiger partial charge on any atom is -0.280 e. The Labute approximate surface area is 187 Å².